The van der Waals surface area contributed by atoms with Crippen LogP contribution in [0.2, 0.25) is 0 Å². The Morgan fingerprint density at radius 3 is 2.92 bits per heavy atom. The van der Waals surface area contributed by atoms with Crippen LogP contribution in [0.15, 0.2) is 18.2 Å². The van der Waals surface area contributed by atoms with E-state index in [2.05, 4.69) is 34.1 Å². The molecule has 0 spiro atoms. The summed E-state index contributed by atoms with van der Waals surface area (Å²) in [4.78, 5) is 27.0. The fourth-order valence-corrected chi connectivity index (χ4v) is 3.52. The van der Waals surface area contributed by atoms with E-state index in [0.717, 1.165) is 21.8 Å². The molecule has 2 aromatic rings. The van der Waals surface area contributed by atoms with Crippen molar-refractivity contribution in [3.63, 3.8) is 0 Å². The molecule has 0 radical (unpaired) electrons. The van der Waals surface area contributed by atoms with Gasteiger partial charge in [0.05, 0.1) is 17.1 Å². The molecule has 3 rings (SSSR count). The maximum Gasteiger partial charge on any atom is 0.322 e. The van der Waals surface area contributed by atoms with Gasteiger partial charge in [-0.1, -0.05) is 24.4 Å². The summed E-state index contributed by atoms with van der Waals surface area (Å²) in [7, 11) is 0. The maximum atomic E-state index is 12.5. The molecule has 2 heterocycles. The van der Waals surface area contributed by atoms with Crippen LogP contribution >= 0.6 is 11.5 Å². The summed E-state index contributed by atoms with van der Waals surface area (Å²) in [5, 5.41) is 9.81. The minimum absolute atomic E-state index is 0.127. The predicted octanol–water partition coefficient (Wildman–Crippen LogP) is 2.43. The molecule has 1 fully saturated rings. The monoisotopic (exact) mass is 359 g/mol. The molecule has 8 heteroatoms. The summed E-state index contributed by atoms with van der Waals surface area (Å²) in [6.45, 7) is 7.66. The Labute approximate surface area is 150 Å². The molecule has 7 nitrogen and oxygen atoms in total. The van der Waals surface area contributed by atoms with Crippen molar-refractivity contribution in [2.24, 2.45) is 0 Å². The second-order valence-electron chi connectivity index (χ2n) is 6.30. The molecule has 0 unspecified atom stereocenters. The zero-order chi connectivity index (χ0) is 18.0. The molecule has 0 atom stereocenters. The van der Waals surface area contributed by atoms with Crippen molar-refractivity contribution < 1.29 is 9.59 Å². The third kappa shape index (κ3) is 3.63. The van der Waals surface area contributed by atoms with Crippen LogP contribution in [0.1, 0.15) is 46.3 Å². The number of urea groups is 1. The Bertz CT molecular complexity index is 802. The number of aromatic nitrogens is 2. The van der Waals surface area contributed by atoms with Crippen molar-refractivity contribution in [1.82, 2.24) is 20.2 Å². The number of hydrogen-bond acceptors (Lipinski definition) is 5. The van der Waals surface area contributed by atoms with Gasteiger partial charge in [-0.15, -0.1) is 5.10 Å². The zero-order valence-corrected chi connectivity index (χ0v) is 15.3. The van der Waals surface area contributed by atoms with E-state index in [-0.39, 0.29) is 17.9 Å². The van der Waals surface area contributed by atoms with E-state index < -0.39 is 0 Å². The molecule has 0 saturated carbocycles. The van der Waals surface area contributed by atoms with Crippen LogP contribution < -0.4 is 15.5 Å². The highest BCUT2D eigenvalue weighted by Gasteiger charge is 2.23. The molecule has 0 aliphatic carbocycles. The number of aryl methyl sites for hydroxylation is 1. The van der Waals surface area contributed by atoms with Gasteiger partial charge in [-0.05, 0) is 42.1 Å². The van der Waals surface area contributed by atoms with E-state index in [1.54, 1.807) is 17.0 Å². The lowest BCUT2D eigenvalue weighted by molar-refractivity contribution is 0.0951. The molecule has 1 aromatic carbocycles. The normalized spacial score (nSPS) is 14.1. The summed E-state index contributed by atoms with van der Waals surface area (Å²) < 4.78 is 3.97. The van der Waals surface area contributed by atoms with Gasteiger partial charge in [0, 0.05) is 24.3 Å². The summed E-state index contributed by atoms with van der Waals surface area (Å²) in [5.41, 5.74) is 3.18. The van der Waals surface area contributed by atoms with Crippen molar-refractivity contribution in [2.75, 3.05) is 18.0 Å². The van der Waals surface area contributed by atoms with Crippen LogP contribution in [0.3, 0.4) is 0 Å². The quantitative estimate of drug-likeness (QED) is 0.858. The minimum Gasteiger partial charge on any atom is -0.347 e. The van der Waals surface area contributed by atoms with Crippen molar-refractivity contribution in [1.29, 1.82) is 0 Å². The summed E-state index contributed by atoms with van der Waals surface area (Å²) in [5.74, 6) is 0.0919. The van der Waals surface area contributed by atoms with Gasteiger partial charge < -0.3 is 10.6 Å². The van der Waals surface area contributed by atoms with Crippen molar-refractivity contribution in [2.45, 2.75) is 33.2 Å². The molecule has 1 aliphatic heterocycles. The number of carbonyl (C=O) groups is 2. The number of nitrogens with one attached hydrogen (secondary N) is 2. The van der Waals surface area contributed by atoms with E-state index >= 15 is 0 Å². The Hall–Kier alpha value is -2.48. The Morgan fingerprint density at radius 2 is 2.24 bits per heavy atom. The number of hydrogen-bond donors (Lipinski definition) is 2. The lowest BCUT2D eigenvalue weighted by Gasteiger charge is -2.18. The molecule has 1 saturated heterocycles. The second-order valence-corrected chi connectivity index (χ2v) is 7.14. The standard InChI is InChI=1S/C17H21N5O2S/c1-10(2)15-14(25-21-20-15)9-19-16(23)12-5-4-11(3)13(8-12)22-7-6-18-17(22)24/h4-5,8,10H,6-7,9H2,1-3H3,(H,18,24)(H,19,23). The van der Waals surface area contributed by atoms with Gasteiger partial charge in [-0.25, -0.2) is 4.79 Å². The van der Waals surface area contributed by atoms with Gasteiger partial charge in [-0.3, -0.25) is 9.69 Å². The first-order chi connectivity index (χ1) is 12.0. The topological polar surface area (TPSA) is 87.2 Å². The highest BCUT2D eigenvalue weighted by Crippen LogP contribution is 2.24. The molecular weight excluding hydrogens is 338 g/mol. The SMILES string of the molecule is Cc1ccc(C(=O)NCc2snnc2C(C)C)cc1N1CCNC1=O. The van der Waals surface area contributed by atoms with Crippen molar-refractivity contribution in [3.05, 3.63) is 39.9 Å². The van der Waals surface area contributed by atoms with Gasteiger partial charge in [0.2, 0.25) is 0 Å². The first kappa shape index (κ1) is 17.3. The number of carbonyl (C=O) groups excluding carboxylic acids is 2. The molecule has 132 valence electrons. The fraction of sp³-hybridized carbons (Fsp3) is 0.412. The van der Waals surface area contributed by atoms with Gasteiger partial charge in [0.25, 0.3) is 5.91 Å². The van der Waals surface area contributed by atoms with E-state index in [9.17, 15) is 9.59 Å². The average Bonchev–Trinajstić information content (AvgIpc) is 3.22. The van der Waals surface area contributed by atoms with Crippen LogP contribution in [0.4, 0.5) is 10.5 Å². The van der Waals surface area contributed by atoms with Crippen LogP contribution in [-0.4, -0.2) is 34.6 Å². The zero-order valence-electron chi connectivity index (χ0n) is 14.5. The summed E-state index contributed by atoms with van der Waals surface area (Å²) in [6, 6.07) is 5.28. The van der Waals surface area contributed by atoms with Crippen molar-refractivity contribution in [3.8, 4) is 0 Å². The molecule has 1 aromatic heterocycles. The predicted molar refractivity (Wildman–Crippen MR) is 97.1 cm³/mol. The Kier molecular flexibility index (Phi) is 4.98. The number of amides is 3. The molecule has 3 amide bonds. The van der Waals surface area contributed by atoms with Crippen LogP contribution in [-0.2, 0) is 6.54 Å². The lowest BCUT2D eigenvalue weighted by atomic mass is 10.1. The lowest BCUT2D eigenvalue weighted by Crippen LogP contribution is -2.29. The molecular formula is C17H21N5O2S. The van der Waals surface area contributed by atoms with Gasteiger partial charge in [-0.2, -0.15) is 0 Å². The number of benzene rings is 1. The van der Waals surface area contributed by atoms with E-state index in [0.29, 0.717) is 25.2 Å². The molecule has 1 aliphatic rings. The second kappa shape index (κ2) is 7.18. The van der Waals surface area contributed by atoms with E-state index in [1.807, 2.05) is 13.0 Å². The third-order valence-electron chi connectivity index (χ3n) is 4.16. The van der Waals surface area contributed by atoms with Gasteiger partial charge in [0.1, 0.15) is 0 Å². The number of anilines is 1. The van der Waals surface area contributed by atoms with E-state index in [4.69, 9.17) is 0 Å². The van der Waals surface area contributed by atoms with Crippen LogP contribution in [0.5, 0.6) is 0 Å². The molecule has 2 N–H and O–H groups in total. The summed E-state index contributed by atoms with van der Waals surface area (Å²) >= 11 is 1.30. The average molecular weight is 359 g/mol. The fourth-order valence-electron chi connectivity index (χ4n) is 2.78. The summed E-state index contributed by atoms with van der Waals surface area (Å²) in [6.07, 6.45) is 0. The Morgan fingerprint density at radius 1 is 1.44 bits per heavy atom. The smallest absolute Gasteiger partial charge is 0.322 e. The minimum atomic E-state index is -0.177. The number of nitrogens with zero attached hydrogens (tertiary/aromatic N) is 3. The van der Waals surface area contributed by atoms with Gasteiger partial charge >= 0.3 is 6.03 Å². The Balaban J connectivity index is 1.74. The van der Waals surface area contributed by atoms with E-state index in [1.165, 1.54) is 11.5 Å². The molecule has 25 heavy (non-hydrogen) atoms. The maximum absolute atomic E-state index is 12.5. The van der Waals surface area contributed by atoms with Crippen LogP contribution in [0, 0.1) is 6.92 Å². The van der Waals surface area contributed by atoms with Gasteiger partial charge in [0.15, 0.2) is 0 Å². The first-order valence-corrected chi connectivity index (χ1v) is 9.00. The first-order valence-electron chi connectivity index (χ1n) is 8.22. The third-order valence-corrected chi connectivity index (χ3v) is 4.90. The largest absolute Gasteiger partial charge is 0.347 e. The highest BCUT2D eigenvalue weighted by atomic mass is 32.1. The highest BCUT2D eigenvalue weighted by molar-refractivity contribution is 7.05. The number of rotatable bonds is 5. The van der Waals surface area contributed by atoms with Crippen molar-refractivity contribution >= 4 is 29.2 Å². The van der Waals surface area contributed by atoms with Crippen LogP contribution in [0.25, 0.3) is 0 Å². The molecule has 0 bridgehead atoms.